The van der Waals surface area contributed by atoms with Crippen LogP contribution >= 0.6 is 11.6 Å². The predicted molar refractivity (Wildman–Crippen MR) is 172 cm³/mol. The Morgan fingerprint density at radius 1 is 1.17 bits per heavy atom. The summed E-state index contributed by atoms with van der Waals surface area (Å²) in [6, 6.07) is 5.60. The van der Waals surface area contributed by atoms with Gasteiger partial charge >= 0.3 is 0 Å². The molecule has 2 N–H and O–H groups in total. The van der Waals surface area contributed by atoms with Gasteiger partial charge in [0.2, 0.25) is 0 Å². The molecule has 1 aromatic heterocycles. The maximum absolute atomic E-state index is 13.9. The summed E-state index contributed by atoms with van der Waals surface area (Å²) in [5.41, 5.74) is 7.05. The molecule has 5 nitrogen and oxygen atoms in total. The first-order valence-corrected chi connectivity index (χ1v) is 15.4. The van der Waals surface area contributed by atoms with Crippen LogP contribution in [0.4, 0.5) is 0 Å². The molecule has 41 heavy (non-hydrogen) atoms. The molecule has 2 aromatic rings. The second kappa shape index (κ2) is 17.2. The maximum Gasteiger partial charge on any atom is 0.169 e. The van der Waals surface area contributed by atoms with Gasteiger partial charge in [-0.3, -0.25) is 9.89 Å². The van der Waals surface area contributed by atoms with Crippen molar-refractivity contribution in [3.8, 4) is 5.75 Å². The fourth-order valence-electron chi connectivity index (χ4n) is 4.81. The average molecular weight is 581 g/mol. The Balaban J connectivity index is 0.00000138. The number of aryl methyl sites for hydroxylation is 1. The summed E-state index contributed by atoms with van der Waals surface area (Å²) in [5, 5.41) is 16.0. The molecular formula is C35H49ClN2O3. The number of allylic oxidation sites excluding steroid dienone is 7. The monoisotopic (exact) mass is 580 g/mol. The quantitative estimate of drug-likeness (QED) is 0.194. The van der Waals surface area contributed by atoms with Crippen LogP contribution in [-0.4, -0.2) is 34.3 Å². The number of Topliss-reactive ketones (excluding diaryl/α,β-unsaturated/α-hetero) is 1. The van der Waals surface area contributed by atoms with Crippen molar-refractivity contribution >= 4 is 23.0 Å². The number of H-pyrrole nitrogens is 1. The first-order chi connectivity index (χ1) is 19.7. The topological polar surface area (TPSA) is 75.2 Å². The zero-order chi connectivity index (χ0) is 30.5. The van der Waals surface area contributed by atoms with Crippen LogP contribution in [0.25, 0.3) is 5.57 Å². The van der Waals surface area contributed by atoms with Gasteiger partial charge in [-0.1, -0.05) is 78.0 Å². The van der Waals surface area contributed by atoms with Gasteiger partial charge in [-0.15, -0.1) is 0 Å². The number of fused-ring (bicyclic) bond motifs is 1. The summed E-state index contributed by atoms with van der Waals surface area (Å²) in [6.45, 7) is 19.9. The third-order valence-corrected chi connectivity index (χ3v) is 8.11. The first-order valence-electron chi connectivity index (χ1n) is 15.0. The van der Waals surface area contributed by atoms with Crippen LogP contribution in [0.1, 0.15) is 84.5 Å². The molecule has 0 fully saturated rings. The van der Waals surface area contributed by atoms with E-state index in [0.717, 1.165) is 59.4 Å². The number of aromatic nitrogens is 2. The van der Waals surface area contributed by atoms with Crippen LogP contribution in [-0.2, 0) is 17.6 Å². The van der Waals surface area contributed by atoms with Gasteiger partial charge in [0.25, 0.3) is 0 Å². The lowest BCUT2D eigenvalue weighted by Crippen LogP contribution is -2.30. The molecule has 1 aliphatic heterocycles. The number of benzene rings is 1. The van der Waals surface area contributed by atoms with Gasteiger partial charge in [0.05, 0.1) is 18.7 Å². The van der Waals surface area contributed by atoms with Crippen molar-refractivity contribution in [2.75, 3.05) is 13.2 Å². The van der Waals surface area contributed by atoms with Gasteiger partial charge in [0.1, 0.15) is 5.75 Å². The van der Waals surface area contributed by atoms with Gasteiger partial charge in [-0.05, 0) is 91.3 Å². The number of aromatic amines is 1. The standard InChI is InChI=1S/C32H41ClN2O2.C3H8O/c1-8-20(5)22(7)28(14-13-27(21(6)9-2)29-18-34-35-30(29)11-4)26(10-3)32(36)24-16-23-17-25(33)12-15-31(23)37-19-24;1-2-3-4/h10,12-15,17-18,20-21,24H,7-9,11,16,19H2,1-6H3,(H,34,35);4H,2-3H2,1H3/b26-10+,27-13+,28-14+;. The van der Waals surface area contributed by atoms with E-state index in [-0.39, 0.29) is 17.6 Å². The lowest BCUT2D eigenvalue weighted by molar-refractivity contribution is -0.120. The van der Waals surface area contributed by atoms with E-state index in [1.807, 2.05) is 44.3 Å². The van der Waals surface area contributed by atoms with Crippen LogP contribution in [0.15, 0.2) is 65.9 Å². The molecule has 1 aliphatic rings. The summed E-state index contributed by atoms with van der Waals surface area (Å²) < 4.78 is 5.96. The molecule has 0 saturated heterocycles. The number of halogens is 1. The van der Waals surface area contributed by atoms with E-state index in [1.165, 1.54) is 5.57 Å². The highest BCUT2D eigenvalue weighted by atomic mass is 35.5. The third-order valence-electron chi connectivity index (χ3n) is 7.88. The van der Waals surface area contributed by atoms with Gasteiger partial charge in [0, 0.05) is 28.5 Å². The van der Waals surface area contributed by atoms with Crippen molar-refractivity contribution in [3.05, 3.63) is 87.8 Å². The normalized spacial score (nSPS) is 17.1. The van der Waals surface area contributed by atoms with Crippen molar-refractivity contribution in [2.45, 2.75) is 80.6 Å². The Hall–Kier alpha value is -2.89. The molecule has 0 amide bonds. The molecule has 3 unspecified atom stereocenters. The lowest BCUT2D eigenvalue weighted by Gasteiger charge is -2.27. The van der Waals surface area contributed by atoms with Crippen molar-refractivity contribution in [3.63, 3.8) is 0 Å². The Morgan fingerprint density at radius 3 is 2.44 bits per heavy atom. The molecule has 0 bridgehead atoms. The number of carbonyl (C=O) groups excluding carboxylic acids is 1. The largest absolute Gasteiger partial charge is 0.493 e. The number of aliphatic hydroxyl groups is 1. The number of nitrogens with one attached hydrogen (secondary N) is 1. The summed E-state index contributed by atoms with van der Waals surface area (Å²) in [5.74, 6) is 1.21. The molecule has 6 heteroatoms. The number of hydrogen-bond donors (Lipinski definition) is 2. The fraction of sp³-hybridized carbons (Fsp3) is 0.486. The number of hydrogen-bond acceptors (Lipinski definition) is 4. The molecule has 1 aromatic carbocycles. The predicted octanol–water partition coefficient (Wildman–Crippen LogP) is 8.74. The van der Waals surface area contributed by atoms with Gasteiger partial charge in [0.15, 0.2) is 5.78 Å². The second-order valence-corrected chi connectivity index (χ2v) is 11.2. The van der Waals surface area contributed by atoms with Gasteiger partial charge in [-0.25, -0.2) is 0 Å². The van der Waals surface area contributed by atoms with Crippen LogP contribution in [0.2, 0.25) is 5.02 Å². The molecule has 0 aliphatic carbocycles. The van der Waals surface area contributed by atoms with E-state index in [0.29, 0.717) is 36.1 Å². The Kier molecular flexibility index (Phi) is 14.4. The number of aliphatic hydroxyl groups excluding tert-OH is 1. The minimum Gasteiger partial charge on any atom is -0.493 e. The van der Waals surface area contributed by atoms with E-state index in [4.69, 9.17) is 21.4 Å². The van der Waals surface area contributed by atoms with Crippen LogP contribution in [0.5, 0.6) is 5.75 Å². The molecule has 0 saturated carbocycles. The van der Waals surface area contributed by atoms with E-state index in [1.54, 1.807) is 0 Å². The van der Waals surface area contributed by atoms with E-state index in [2.05, 4.69) is 63.5 Å². The third kappa shape index (κ3) is 9.05. The highest BCUT2D eigenvalue weighted by Gasteiger charge is 2.30. The van der Waals surface area contributed by atoms with Crippen molar-refractivity contribution in [1.29, 1.82) is 0 Å². The van der Waals surface area contributed by atoms with Gasteiger partial charge < -0.3 is 9.84 Å². The molecular weight excluding hydrogens is 532 g/mol. The highest BCUT2D eigenvalue weighted by Crippen LogP contribution is 2.35. The van der Waals surface area contributed by atoms with Crippen molar-refractivity contribution < 1.29 is 14.6 Å². The Morgan fingerprint density at radius 2 is 1.85 bits per heavy atom. The fourth-order valence-corrected chi connectivity index (χ4v) is 5.00. The zero-order valence-electron chi connectivity index (χ0n) is 26.0. The van der Waals surface area contributed by atoms with Crippen molar-refractivity contribution in [1.82, 2.24) is 10.2 Å². The average Bonchev–Trinajstić information content (AvgIpc) is 3.47. The maximum atomic E-state index is 13.9. The summed E-state index contributed by atoms with van der Waals surface area (Å²) >= 11 is 6.22. The SMILES string of the molecule is C=C(C(=C\C=C(\c1cn[nH]c1CC)C(C)CC)/C(=C\C)C(=O)C1COc2ccc(Cl)cc2C1)C(C)CC.CCCO. The molecule has 224 valence electrons. The van der Waals surface area contributed by atoms with E-state index >= 15 is 0 Å². The number of rotatable bonds is 12. The molecule has 0 radical (unpaired) electrons. The van der Waals surface area contributed by atoms with Crippen LogP contribution in [0.3, 0.4) is 0 Å². The molecule has 0 spiro atoms. The van der Waals surface area contributed by atoms with Gasteiger partial charge in [-0.2, -0.15) is 5.10 Å². The minimum absolute atomic E-state index is 0.0832. The van der Waals surface area contributed by atoms with Crippen molar-refractivity contribution in [2.24, 2.45) is 17.8 Å². The number of nitrogens with zero attached hydrogens (tertiary/aromatic N) is 1. The van der Waals surface area contributed by atoms with E-state index in [9.17, 15) is 4.79 Å². The first kappa shape index (κ1) is 34.3. The molecule has 2 heterocycles. The summed E-state index contributed by atoms with van der Waals surface area (Å²) in [4.78, 5) is 13.9. The lowest BCUT2D eigenvalue weighted by atomic mass is 9.81. The highest BCUT2D eigenvalue weighted by molar-refractivity contribution is 6.30. The minimum atomic E-state index is -0.274. The van der Waals surface area contributed by atoms with E-state index < -0.39 is 0 Å². The van der Waals surface area contributed by atoms with Crippen LogP contribution in [0, 0.1) is 17.8 Å². The van der Waals surface area contributed by atoms with Crippen LogP contribution < -0.4 is 4.74 Å². The number of ether oxygens (including phenoxy) is 1. The smallest absolute Gasteiger partial charge is 0.169 e. The second-order valence-electron chi connectivity index (χ2n) is 10.7. The summed E-state index contributed by atoms with van der Waals surface area (Å²) in [7, 11) is 0. The Bertz CT molecular complexity index is 1250. The molecule has 3 rings (SSSR count). The summed E-state index contributed by atoms with van der Waals surface area (Å²) in [6.07, 6.45) is 12.4. The Labute approximate surface area is 252 Å². The number of carbonyl (C=O) groups is 1. The molecule has 3 atom stereocenters. The zero-order valence-corrected chi connectivity index (χ0v) is 26.8. The number of ketones is 1.